The van der Waals surface area contributed by atoms with Gasteiger partial charge in [-0.15, -0.1) is 0 Å². The molecule has 4 nitrogen and oxygen atoms in total. The lowest BCUT2D eigenvalue weighted by molar-refractivity contribution is -0.116. The fourth-order valence-corrected chi connectivity index (χ4v) is 3.86. The van der Waals surface area contributed by atoms with E-state index in [9.17, 15) is 4.79 Å². The molecule has 4 aromatic rings. The molecule has 0 atom stereocenters. The fourth-order valence-electron chi connectivity index (χ4n) is 3.86. The number of benzene rings is 3. The highest BCUT2D eigenvalue weighted by molar-refractivity contribution is 5.93. The van der Waals surface area contributed by atoms with Crippen molar-refractivity contribution in [3.8, 4) is 11.4 Å². The van der Waals surface area contributed by atoms with Gasteiger partial charge in [-0.05, 0) is 48.6 Å². The van der Waals surface area contributed by atoms with Gasteiger partial charge in [-0.1, -0.05) is 74.9 Å². The Kier molecular flexibility index (Phi) is 5.40. The number of imidazole rings is 1. The fraction of sp³-hybridized carbons (Fsp3) is 0.259. The van der Waals surface area contributed by atoms with Gasteiger partial charge >= 0.3 is 0 Å². The molecule has 0 unspecified atom stereocenters. The lowest BCUT2D eigenvalue weighted by Gasteiger charge is -2.19. The minimum absolute atomic E-state index is 0.0670. The number of fused-ring (bicyclic) bond motifs is 1. The summed E-state index contributed by atoms with van der Waals surface area (Å²) in [5, 5.41) is 3.06. The highest BCUT2D eigenvalue weighted by Crippen LogP contribution is 2.28. The number of carbonyl (C=O) groups is 1. The maximum absolute atomic E-state index is 13.0. The van der Waals surface area contributed by atoms with Crippen molar-refractivity contribution in [2.75, 3.05) is 5.32 Å². The number of nitrogens with one attached hydrogen (secondary N) is 1. The standard InChI is InChI=1S/C27H29N3O/c1-18-10-15-22(19(2)16-18)28-25(31)17-30-24-9-7-6-8-23(24)29-26(30)20-11-13-21(14-12-20)27(3,4)5/h6-16H,17H2,1-5H3,(H,28,31). The van der Waals surface area contributed by atoms with Crippen molar-refractivity contribution in [3.05, 3.63) is 83.4 Å². The summed E-state index contributed by atoms with van der Waals surface area (Å²) in [7, 11) is 0. The Morgan fingerprint density at radius 2 is 1.68 bits per heavy atom. The molecule has 1 amide bonds. The Hall–Kier alpha value is -3.40. The molecule has 0 spiro atoms. The van der Waals surface area contributed by atoms with Crippen molar-refractivity contribution in [3.63, 3.8) is 0 Å². The molecule has 0 saturated heterocycles. The predicted molar refractivity (Wildman–Crippen MR) is 128 cm³/mol. The molecule has 158 valence electrons. The van der Waals surface area contributed by atoms with Gasteiger partial charge < -0.3 is 9.88 Å². The van der Waals surface area contributed by atoms with Gasteiger partial charge in [0.1, 0.15) is 12.4 Å². The first-order valence-corrected chi connectivity index (χ1v) is 10.7. The maximum Gasteiger partial charge on any atom is 0.244 e. The Morgan fingerprint density at radius 3 is 2.35 bits per heavy atom. The summed E-state index contributed by atoms with van der Waals surface area (Å²) in [5.41, 5.74) is 7.28. The maximum atomic E-state index is 13.0. The van der Waals surface area contributed by atoms with E-state index in [-0.39, 0.29) is 17.9 Å². The van der Waals surface area contributed by atoms with Crippen molar-refractivity contribution in [2.24, 2.45) is 0 Å². The number of aromatic nitrogens is 2. The van der Waals surface area contributed by atoms with Crippen LogP contribution in [0.3, 0.4) is 0 Å². The molecule has 1 N–H and O–H groups in total. The minimum atomic E-state index is -0.0670. The summed E-state index contributed by atoms with van der Waals surface area (Å²) in [4.78, 5) is 17.8. The quantitative estimate of drug-likeness (QED) is 0.431. The summed E-state index contributed by atoms with van der Waals surface area (Å²) in [6, 6.07) is 22.5. The average molecular weight is 412 g/mol. The zero-order chi connectivity index (χ0) is 22.2. The molecule has 0 aliphatic carbocycles. The highest BCUT2D eigenvalue weighted by Gasteiger charge is 2.18. The average Bonchev–Trinajstić information content (AvgIpc) is 3.08. The van der Waals surface area contributed by atoms with E-state index in [1.54, 1.807) is 0 Å². The normalized spacial score (nSPS) is 11.6. The summed E-state index contributed by atoms with van der Waals surface area (Å²) in [6.45, 7) is 10.9. The number of aryl methyl sites for hydroxylation is 2. The molecule has 0 aliphatic heterocycles. The number of anilines is 1. The van der Waals surface area contributed by atoms with Crippen LogP contribution in [0.2, 0.25) is 0 Å². The molecule has 4 rings (SSSR count). The molecule has 4 heteroatoms. The number of nitrogens with zero attached hydrogens (tertiary/aromatic N) is 2. The number of rotatable bonds is 4. The van der Waals surface area contributed by atoms with E-state index >= 15 is 0 Å². The van der Waals surface area contributed by atoms with E-state index < -0.39 is 0 Å². The molecule has 1 heterocycles. The summed E-state index contributed by atoms with van der Waals surface area (Å²) >= 11 is 0. The molecule has 1 aromatic heterocycles. The number of carbonyl (C=O) groups excluding carboxylic acids is 1. The van der Waals surface area contributed by atoms with Gasteiger partial charge in [-0.3, -0.25) is 4.79 Å². The molecular weight excluding hydrogens is 382 g/mol. The van der Waals surface area contributed by atoms with Crippen LogP contribution in [0.25, 0.3) is 22.4 Å². The van der Waals surface area contributed by atoms with E-state index in [0.717, 1.165) is 33.7 Å². The number of hydrogen-bond acceptors (Lipinski definition) is 2. The second-order valence-corrected chi connectivity index (χ2v) is 9.20. The molecule has 0 saturated carbocycles. The van der Waals surface area contributed by atoms with Crippen LogP contribution in [0.5, 0.6) is 0 Å². The third kappa shape index (κ3) is 4.38. The smallest absolute Gasteiger partial charge is 0.244 e. The van der Waals surface area contributed by atoms with Crippen molar-refractivity contribution in [2.45, 2.75) is 46.6 Å². The van der Waals surface area contributed by atoms with Crippen LogP contribution in [0.15, 0.2) is 66.7 Å². The van der Waals surface area contributed by atoms with Crippen LogP contribution in [0.4, 0.5) is 5.69 Å². The Morgan fingerprint density at radius 1 is 0.968 bits per heavy atom. The van der Waals surface area contributed by atoms with Crippen LogP contribution in [0.1, 0.15) is 37.5 Å². The largest absolute Gasteiger partial charge is 0.324 e. The monoisotopic (exact) mass is 411 g/mol. The molecule has 0 aliphatic rings. The Labute approximate surface area is 183 Å². The van der Waals surface area contributed by atoms with E-state index in [4.69, 9.17) is 4.98 Å². The Balaban J connectivity index is 1.69. The van der Waals surface area contributed by atoms with Crippen molar-refractivity contribution in [1.29, 1.82) is 0 Å². The van der Waals surface area contributed by atoms with Gasteiger partial charge in [0.05, 0.1) is 11.0 Å². The van der Waals surface area contributed by atoms with Crippen LogP contribution >= 0.6 is 0 Å². The molecule has 0 fully saturated rings. The second kappa shape index (κ2) is 8.03. The number of hydrogen-bond donors (Lipinski definition) is 1. The van der Waals surface area contributed by atoms with Gasteiger partial charge in [0.15, 0.2) is 0 Å². The van der Waals surface area contributed by atoms with Crippen LogP contribution in [0, 0.1) is 13.8 Å². The minimum Gasteiger partial charge on any atom is -0.324 e. The summed E-state index contributed by atoms with van der Waals surface area (Å²) < 4.78 is 2.00. The zero-order valence-corrected chi connectivity index (χ0v) is 18.9. The predicted octanol–water partition coefficient (Wildman–Crippen LogP) is 6.26. The number of para-hydroxylation sites is 2. The third-order valence-electron chi connectivity index (χ3n) is 5.62. The van der Waals surface area contributed by atoms with Crippen LogP contribution < -0.4 is 5.32 Å². The topological polar surface area (TPSA) is 46.9 Å². The van der Waals surface area contributed by atoms with Gasteiger partial charge in [0.2, 0.25) is 5.91 Å². The van der Waals surface area contributed by atoms with Gasteiger partial charge in [0, 0.05) is 11.3 Å². The molecule has 31 heavy (non-hydrogen) atoms. The van der Waals surface area contributed by atoms with Crippen LogP contribution in [-0.4, -0.2) is 15.5 Å². The lowest BCUT2D eigenvalue weighted by Crippen LogP contribution is -2.20. The van der Waals surface area contributed by atoms with E-state index in [1.807, 2.05) is 54.8 Å². The zero-order valence-electron chi connectivity index (χ0n) is 18.9. The van der Waals surface area contributed by atoms with Crippen molar-refractivity contribution < 1.29 is 4.79 Å². The van der Waals surface area contributed by atoms with E-state index in [0.29, 0.717) is 0 Å². The van der Waals surface area contributed by atoms with Gasteiger partial charge in [0.25, 0.3) is 0 Å². The van der Waals surface area contributed by atoms with Crippen LogP contribution in [-0.2, 0) is 16.8 Å². The summed E-state index contributed by atoms with van der Waals surface area (Å²) in [6.07, 6.45) is 0. The first kappa shape index (κ1) is 20.9. The SMILES string of the molecule is Cc1ccc(NC(=O)Cn2c(-c3ccc(C(C)(C)C)cc3)nc3ccccc32)c(C)c1. The Bertz CT molecular complexity index is 1240. The molecule has 0 bridgehead atoms. The molecule has 0 radical (unpaired) electrons. The van der Waals surface area contributed by atoms with Crippen molar-refractivity contribution in [1.82, 2.24) is 9.55 Å². The first-order chi connectivity index (χ1) is 14.7. The lowest BCUT2D eigenvalue weighted by atomic mass is 9.87. The van der Waals surface area contributed by atoms with Gasteiger partial charge in [-0.2, -0.15) is 0 Å². The van der Waals surface area contributed by atoms with E-state index in [2.05, 4.69) is 56.4 Å². The van der Waals surface area contributed by atoms with Crippen molar-refractivity contribution >= 4 is 22.6 Å². The molecular formula is C27H29N3O. The van der Waals surface area contributed by atoms with Gasteiger partial charge in [-0.25, -0.2) is 4.98 Å². The highest BCUT2D eigenvalue weighted by atomic mass is 16.1. The summed E-state index contributed by atoms with van der Waals surface area (Å²) in [5.74, 6) is 0.736. The number of amides is 1. The third-order valence-corrected chi connectivity index (χ3v) is 5.62. The molecule has 3 aromatic carbocycles. The second-order valence-electron chi connectivity index (χ2n) is 9.20. The van der Waals surface area contributed by atoms with E-state index in [1.165, 1.54) is 11.1 Å². The first-order valence-electron chi connectivity index (χ1n) is 10.7.